The fourth-order valence-electron chi connectivity index (χ4n) is 9.77. The molecular formula is C50H32O. The molecule has 51 heavy (non-hydrogen) atoms. The van der Waals surface area contributed by atoms with E-state index in [2.05, 4.69) is 194 Å². The van der Waals surface area contributed by atoms with Gasteiger partial charge < -0.3 is 4.74 Å². The molecule has 0 aromatic heterocycles. The van der Waals surface area contributed by atoms with Crippen molar-refractivity contribution in [2.45, 2.75) is 10.8 Å². The Labute approximate surface area is 298 Å². The highest BCUT2D eigenvalue weighted by Gasteiger charge is 2.52. The van der Waals surface area contributed by atoms with E-state index < -0.39 is 10.8 Å². The smallest absolute Gasteiger partial charge is 0.132 e. The van der Waals surface area contributed by atoms with Crippen molar-refractivity contribution in [1.82, 2.24) is 0 Å². The molecule has 0 bridgehead atoms. The lowest BCUT2D eigenvalue weighted by molar-refractivity contribution is 0.437. The van der Waals surface area contributed by atoms with Crippen LogP contribution in [0.4, 0.5) is 0 Å². The van der Waals surface area contributed by atoms with Gasteiger partial charge in [0.25, 0.3) is 0 Å². The van der Waals surface area contributed by atoms with Crippen molar-refractivity contribution in [2.24, 2.45) is 0 Å². The van der Waals surface area contributed by atoms with Crippen LogP contribution in [0.1, 0.15) is 44.5 Å². The van der Waals surface area contributed by atoms with Crippen LogP contribution in [0.5, 0.6) is 11.5 Å². The quantitative estimate of drug-likeness (QED) is 0.185. The van der Waals surface area contributed by atoms with Crippen molar-refractivity contribution >= 4 is 0 Å². The van der Waals surface area contributed by atoms with E-state index in [9.17, 15) is 0 Å². The molecule has 11 rings (SSSR count). The fraction of sp³-hybridized carbons (Fsp3) is 0.0400. The highest BCUT2D eigenvalue weighted by Crippen LogP contribution is 2.64. The highest BCUT2D eigenvalue weighted by molar-refractivity contribution is 5.94. The van der Waals surface area contributed by atoms with Crippen LogP contribution < -0.4 is 4.74 Å². The molecule has 0 fully saturated rings. The number of fused-ring (bicyclic) bond motifs is 12. The number of hydrogen-bond acceptors (Lipinski definition) is 1. The first-order valence-electron chi connectivity index (χ1n) is 17.8. The largest absolute Gasteiger partial charge is 0.457 e. The summed E-state index contributed by atoms with van der Waals surface area (Å²) in [5.74, 6) is 1.81. The van der Waals surface area contributed by atoms with E-state index in [4.69, 9.17) is 4.74 Å². The fourth-order valence-corrected chi connectivity index (χ4v) is 9.77. The van der Waals surface area contributed by atoms with Gasteiger partial charge in [0, 0.05) is 11.1 Å². The number of hydrogen-bond donors (Lipinski definition) is 0. The summed E-state index contributed by atoms with van der Waals surface area (Å²) in [6.45, 7) is 0. The summed E-state index contributed by atoms with van der Waals surface area (Å²) < 4.78 is 6.85. The van der Waals surface area contributed by atoms with Gasteiger partial charge in [-0.2, -0.15) is 0 Å². The lowest BCUT2D eigenvalue weighted by atomic mass is 9.64. The van der Waals surface area contributed by atoms with E-state index >= 15 is 0 Å². The van der Waals surface area contributed by atoms with E-state index in [1.165, 1.54) is 77.9 Å². The van der Waals surface area contributed by atoms with Gasteiger partial charge in [-0.15, -0.1) is 0 Å². The Morgan fingerprint density at radius 3 is 1.37 bits per heavy atom. The van der Waals surface area contributed by atoms with Crippen LogP contribution in [-0.4, -0.2) is 0 Å². The van der Waals surface area contributed by atoms with E-state index in [-0.39, 0.29) is 0 Å². The van der Waals surface area contributed by atoms with Gasteiger partial charge in [0.05, 0.1) is 10.8 Å². The highest BCUT2D eigenvalue weighted by atomic mass is 16.5. The molecule has 1 aliphatic heterocycles. The summed E-state index contributed by atoms with van der Waals surface area (Å²) in [6, 6.07) is 71.3. The van der Waals surface area contributed by atoms with Gasteiger partial charge in [0.15, 0.2) is 0 Å². The average Bonchev–Trinajstić information content (AvgIpc) is 3.67. The van der Waals surface area contributed by atoms with Gasteiger partial charge in [-0.25, -0.2) is 0 Å². The molecule has 1 heteroatoms. The molecule has 1 spiro atoms. The van der Waals surface area contributed by atoms with Crippen LogP contribution in [0.3, 0.4) is 0 Å². The monoisotopic (exact) mass is 648 g/mol. The van der Waals surface area contributed by atoms with Gasteiger partial charge in [-0.05, 0) is 85.0 Å². The molecule has 0 saturated carbocycles. The molecule has 2 aliphatic carbocycles. The minimum absolute atomic E-state index is 0.435. The van der Waals surface area contributed by atoms with Gasteiger partial charge in [-0.3, -0.25) is 0 Å². The summed E-state index contributed by atoms with van der Waals surface area (Å²) in [7, 11) is 0. The summed E-state index contributed by atoms with van der Waals surface area (Å²) in [6.07, 6.45) is 0. The van der Waals surface area contributed by atoms with Crippen LogP contribution in [0.15, 0.2) is 194 Å². The van der Waals surface area contributed by atoms with Gasteiger partial charge in [0.1, 0.15) is 11.5 Å². The second-order valence-corrected chi connectivity index (χ2v) is 13.9. The molecule has 0 saturated heterocycles. The Kier molecular flexibility index (Phi) is 5.86. The second-order valence-electron chi connectivity index (χ2n) is 13.9. The molecular weight excluding hydrogens is 617 g/mol. The number of ether oxygens (including phenoxy) is 1. The molecule has 0 unspecified atom stereocenters. The molecule has 8 aromatic rings. The molecule has 0 amide bonds. The third-order valence-corrected chi connectivity index (χ3v) is 11.6. The second kappa shape index (κ2) is 10.5. The Morgan fingerprint density at radius 2 is 0.745 bits per heavy atom. The van der Waals surface area contributed by atoms with Crippen molar-refractivity contribution in [2.75, 3.05) is 0 Å². The average molecular weight is 649 g/mol. The maximum Gasteiger partial charge on any atom is 0.132 e. The van der Waals surface area contributed by atoms with Crippen molar-refractivity contribution in [3.8, 4) is 44.9 Å². The Balaban J connectivity index is 1.22. The van der Waals surface area contributed by atoms with Crippen molar-refractivity contribution in [1.29, 1.82) is 0 Å². The zero-order valence-corrected chi connectivity index (χ0v) is 27.9. The van der Waals surface area contributed by atoms with Crippen LogP contribution >= 0.6 is 0 Å². The van der Waals surface area contributed by atoms with Crippen molar-refractivity contribution in [3.05, 3.63) is 239 Å². The zero-order valence-electron chi connectivity index (χ0n) is 27.9. The SMILES string of the molecule is c1ccc(C2(c3ccccc3)c3ccccc3-c3cc(-c4cccc5c4C4(c6ccccc6O5)c5ccccc5-c5ccccc54)ccc32)cc1. The molecule has 1 nitrogen and oxygen atoms in total. The molecule has 0 radical (unpaired) electrons. The van der Waals surface area contributed by atoms with Crippen molar-refractivity contribution < 1.29 is 4.74 Å². The van der Waals surface area contributed by atoms with Crippen LogP contribution in [-0.2, 0) is 10.8 Å². The Morgan fingerprint density at radius 1 is 0.294 bits per heavy atom. The predicted octanol–water partition coefficient (Wildman–Crippen LogP) is 12.2. The minimum atomic E-state index is -0.539. The van der Waals surface area contributed by atoms with Crippen LogP contribution in [0.2, 0.25) is 0 Å². The number of benzene rings is 8. The summed E-state index contributed by atoms with van der Waals surface area (Å²) in [5.41, 5.74) is 16.7. The maximum atomic E-state index is 6.85. The molecule has 8 aromatic carbocycles. The lowest BCUT2D eigenvalue weighted by Crippen LogP contribution is -2.32. The molecule has 238 valence electrons. The molecule has 0 N–H and O–H groups in total. The lowest BCUT2D eigenvalue weighted by Gasteiger charge is -2.40. The third-order valence-electron chi connectivity index (χ3n) is 11.6. The van der Waals surface area contributed by atoms with Gasteiger partial charge in [-0.1, -0.05) is 176 Å². The molecule has 0 atom stereocenters. The predicted molar refractivity (Wildman–Crippen MR) is 207 cm³/mol. The van der Waals surface area contributed by atoms with Crippen LogP contribution in [0, 0.1) is 0 Å². The van der Waals surface area contributed by atoms with Gasteiger partial charge in [0.2, 0.25) is 0 Å². The van der Waals surface area contributed by atoms with E-state index in [1.807, 2.05) is 0 Å². The standard InChI is InChI=1S/C50H32O/c1-3-16-34(17-4-1)49(35-18-5-2-6-19-35)41-24-10-9-22-39(41)40-32-33(30-31-44(40)49)36-23-15-29-47-48(36)50(45-27-13-14-28-46(45)51-47)42-25-11-7-20-37(42)38-21-8-12-26-43(38)50/h1-32H. The van der Waals surface area contributed by atoms with E-state index in [0.29, 0.717) is 0 Å². The maximum absolute atomic E-state index is 6.85. The zero-order chi connectivity index (χ0) is 33.6. The Hall–Kier alpha value is -6.44. The van der Waals surface area contributed by atoms with Crippen LogP contribution in [0.25, 0.3) is 33.4 Å². The number of rotatable bonds is 3. The van der Waals surface area contributed by atoms with Gasteiger partial charge >= 0.3 is 0 Å². The molecule has 1 heterocycles. The number of para-hydroxylation sites is 1. The normalized spacial score (nSPS) is 14.7. The van der Waals surface area contributed by atoms with E-state index in [1.54, 1.807) is 0 Å². The Bertz CT molecular complexity index is 2580. The first-order valence-corrected chi connectivity index (χ1v) is 17.8. The summed E-state index contributed by atoms with van der Waals surface area (Å²) in [5, 5.41) is 0. The van der Waals surface area contributed by atoms with Crippen molar-refractivity contribution in [3.63, 3.8) is 0 Å². The summed E-state index contributed by atoms with van der Waals surface area (Å²) in [4.78, 5) is 0. The summed E-state index contributed by atoms with van der Waals surface area (Å²) >= 11 is 0. The third kappa shape index (κ3) is 3.60. The minimum Gasteiger partial charge on any atom is -0.457 e. The topological polar surface area (TPSA) is 9.23 Å². The molecule has 3 aliphatic rings. The van der Waals surface area contributed by atoms with E-state index in [0.717, 1.165) is 11.5 Å². The first kappa shape index (κ1) is 28.4. The first-order chi connectivity index (χ1) is 25.3.